The maximum atomic E-state index is 13.8. The summed E-state index contributed by atoms with van der Waals surface area (Å²) in [6, 6.07) is 10.3. The van der Waals surface area contributed by atoms with Crippen LogP contribution >= 0.6 is 11.6 Å². The van der Waals surface area contributed by atoms with E-state index in [0.29, 0.717) is 16.9 Å². The number of benzene rings is 2. The molecular formula is C16H16ClFO2. The van der Waals surface area contributed by atoms with Gasteiger partial charge in [0.1, 0.15) is 18.2 Å². The summed E-state index contributed by atoms with van der Waals surface area (Å²) in [5.41, 5.74) is 2.10. The summed E-state index contributed by atoms with van der Waals surface area (Å²) in [6.07, 6.45) is -0.644. The fourth-order valence-electron chi connectivity index (χ4n) is 1.94. The van der Waals surface area contributed by atoms with E-state index in [2.05, 4.69) is 0 Å². The first kappa shape index (κ1) is 14.8. The zero-order valence-corrected chi connectivity index (χ0v) is 12.1. The molecule has 0 fully saturated rings. The Morgan fingerprint density at radius 1 is 1.30 bits per heavy atom. The van der Waals surface area contributed by atoms with Gasteiger partial charge in [-0.25, -0.2) is 4.39 Å². The Morgan fingerprint density at radius 2 is 2.05 bits per heavy atom. The Labute approximate surface area is 122 Å². The van der Waals surface area contributed by atoms with Gasteiger partial charge in [-0.05, 0) is 32.0 Å². The molecule has 0 saturated heterocycles. The predicted molar refractivity (Wildman–Crippen MR) is 77.6 cm³/mol. The van der Waals surface area contributed by atoms with Crippen LogP contribution in [0, 0.1) is 12.7 Å². The summed E-state index contributed by atoms with van der Waals surface area (Å²) in [5, 5.41) is 9.82. The van der Waals surface area contributed by atoms with Crippen LogP contribution in [0.3, 0.4) is 0 Å². The average Bonchev–Trinajstić information content (AvgIpc) is 2.41. The number of halogens is 2. The molecule has 0 aliphatic heterocycles. The third kappa shape index (κ3) is 3.30. The second-order valence-corrected chi connectivity index (χ2v) is 5.13. The van der Waals surface area contributed by atoms with Gasteiger partial charge >= 0.3 is 0 Å². The van der Waals surface area contributed by atoms with Crippen molar-refractivity contribution in [2.75, 3.05) is 0 Å². The Bertz CT molecular complexity index is 611. The van der Waals surface area contributed by atoms with E-state index in [1.807, 2.05) is 19.1 Å². The number of aryl methyl sites for hydroxylation is 1. The molecule has 2 aromatic rings. The quantitative estimate of drug-likeness (QED) is 0.904. The Balaban J connectivity index is 2.21. The van der Waals surface area contributed by atoms with Gasteiger partial charge in [-0.2, -0.15) is 0 Å². The van der Waals surface area contributed by atoms with E-state index in [0.717, 1.165) is 5.56 Å². The van der Waals surface area contributed by atoms with Gasteiger partial charge < -0.3 is 9.84 Å². The Hall–Kier alpha value is -1.58. The van der Waals surface area contributed by atoms with Crippen molar-refractivity contribution in [1.82, 2.24) is 0 Å². The van der Waals surface area contributed by atoms with Gasteiger partial charge in [0.2, 0.25) is 0 Å². The normalized spacial score (nSPS) is 12.2. The van der Waals surface area contributed by atoms with Crippen LogP contribution in [-0.2, 0) is 6.61 Å². The number of rotatable bonds is 4. The molecule has 0 aliphatic rings. The molecular weight excluding hydrogens is 279 g/mol. The molecule has 2 aromatic carbocycles. The molecule has 2 rings (SSSR count). The van der Waals surface area contributed by atoms with Crippen molar-refractivity contribution >= 4 is 11.6 Å². The van der Waals surface area contributed by atoms with Gasteiger partial charge in [-0.3, -0.25) is 0 Å². The van der Waals surface area contributed by atoms with E-state index in [1.54, 1.807) is 25.1 Å². The summed E-state index contributed by atoms with van der Waals surface area (Å²) >= 11 is 5.73. The second-order valence-electron chi connectivity index (χ2n) is 4.72. The van der Waals surface area contributed by atoms with Gasteiger partial charge in [0.15, 0.2) is 0 Å². The second kappa shape index (κ2) is 6.25. The number of hydrogen-bond acceptors (Lipinski definition) is 2. The monoisotopic (exact) mass is 294 g/mol. The molecule has 0 bridgehead atoms. The fraction of sp³-hybridized carbons (Fsp3) is 0.250. The zero-order valence-electron chi connectivity index (χ0n) is 11.4. The summed E-state index contributed by atoms with van der Waals surface area (Å²) in [6.45, 7) is 3.67. The molecule has 2 nitrogen and oxygen atoms in total. The zero-order chi connectivity index (χ0) is 14.7. The van der Waals surface area contributed by atoms with E-state index < -0.39 is 11.9 Å². The van der Waals surface area contributed by atoms with Crippen LogP contribution < -0.4 is 4.74 Å². The van der Waals surface area contributed by atoms with E-state index in [9.17, 15) is 9.50 Å². The largest absolute Gasteiger partial charge is 0.488 e. The molecule has 106 valence electrons. The third-order valence-corrected chi connectivity index (χ3v) is 3.32. The minimum Gasteiger partial charge on any atom is -0.488 e. The summed E-state index contributed by atoms with van der Waals surface area (Å²) < 4.78 is 19.4. The van der Waals surface area contributed by atoms with Gasteiger partial charge in [0.05, 0.1) is 11.1 Å². The van der Waals surface area contributed by atoms with Crippen molar-refractivity contribution in [1.29, 1.82) is 0 Å². The highest BCUT2D eigenvalue weighted by Gasteiger charge is 2.11. The van der Waals surface area contributed by atoms with Crippen molar-refractivity contribution in [2.24, 2.45) is 0 Å². The van der Waals surface area contributed by atoms with Crippen LogP contribution in [0.1, 0.15) is 29.7 Å². The first-order valence-electron chi connectivity index (χ1n) is 6.33. The minimum atomic E-state index is -0.644. The highest BCUT2D eigenvalue weighted by molar-refractivity contribution is 6.30. The Morgan fingerprint density at radius 3 is 2.75 bits per heavy atom. The van der Waals surface area contributed by atoms with E-state index in [1.165, 1.54) is 6.07 Å². The van der Waals surface area contributed by atoms with Crippen molar-refractivity contribution in [2.45, 2.75) is 26.6 Å². The first-order valence-corrected chi connectivity index (χ1v) is 6.71. The predicted octanol–water partition coefficient (Wildman–Crippen LogP) is 4.42. The van der Waals surface area contributed by atoms with Crippen LogP contribution in [0.2, 0.25) is 5.02 Å². The summed E-state index contributed by atoms with van der Waals surface area (Å²) in [7, 11) is 0. The SMILES string of the molecule is Cc1ccc(OCc2cccc(Cl)c2F)c(C(C)O)c1. The topological polar surface area (TPSA) is 29.5 Å². The van der Waals surface area contributed by atoms with Crippen molar-refractivity contribution in [3.05, 3.63) is 63.9 Å². The molecule has 0 saturated carbocycles. The third-order valence-electron chi connectivity index (χ3n) is 3.03. The lowest BCUT2D eigenvalue weighted by atomic mass is 10.1. The lowest BCUT2D eigenvalue weighted by Gasteiger charge is -2.14. The lowest BCUT2D eigenvalue weighted by molar-refractivity contribution is 0.189. The molecule has 0 spiro atoms. The number of hydrogen-bond donors (Lipinski definition) is 1. The van der Waals surface area contributed by atoms with Gasteiger partial charge in [0.25, 0.3) is 0 Å². The molecule has 0 radical (unpaired) electrons. The molecule has 0 heterocycles. The van der Waals surface area contributed by atoms with Crippen molar-refractivity contribution in [3.63, 3.8) is 0 Å². The molecule has 4 heteroatoms. The highest BCUT2D eigenvalue weighted by atomic mass is 35.5. The summed E-state index contributed by atoms with van der Waals surface area (Å²) in [4.78, 5) is 0. The van der Waals surface area contributed by atoms with E-state index in [-0.39, 0.29) is 11.6 Å². The van der Waals surface area contributed by atoms with Crippen LogP contribution in [-0.4, -0.2) is 5.11 Å². The fourth-order valence-corrected chi connectivity index (χ4v) is 2.14. The van der Waals surface area contributed by atoms with Crippen LogP contribution in [0.25, 0.3) is 0 Å². The lowest BCUT2D eigenvalue weighted by Crippen LogP contribution is -2.03. The molecule has 20 heavy (non-hydrogen) atoms. The molecule has 1 unspecified atom stereocenters. The van der Waals surface area contributed by atoms with Crippen molar-refractivity contribution < 1.29 is 14.2 Å². The number of ether oxygens (including phenoxy) is 1. The van der Waals surface area contributed by atoms with Crippen molar-refractivity contribution in [3.8, 4) is 5.75 Å². The van der Waals surface area contributed by atoms with Gasteiger partial charge in [0, 0.05) is 11.1 Å². The van der Waals surface area contributed by atoms with Gasteiger partial charge in [-0.15, -0.1) is 0 Å². The minimum absolute atomic E-state index is 0.0647. The van der Waals surface area contributed by atoms with Crippen LogP contribution in [0.4, 0.5) is 4.39 Å². The maximum Gasteiger partial charge on any atom is 0.148 e. The first-order chi connectivity index (χ1) is 9.49. The Kier molecular flexibility index (Phi) is 4.63. The van der Waals surface area contributed by atoms with Crippen LogP contribution in [0.5, 0.6) is 5.75 Å². The maximum absolute atomic E-state index is 13.8. The van der Waals surface area contributed by atoms with Crippen LogP contribution in [0.15, 0.2) is 36.4 Å². The molecule has 0 amide bonds. The standard InChI is InChI=1S/C16H16ClFO2/c1-10-6-7-15(13(8-10)11(2)19)20-9-12-4-3-5-14(17)16(12)18/h3-8,11,19H,9H2,1-2H3. The van der Waals surface area contributed by atoms with Gasteiger partial charge in [-0.1, -0.05) is 35.4 Å². The van der Waals surface area contributed by atoms with E-state index in [4.69, 9.17) is 16.3 Å². The smallest absolute Gasteiger partial charge is 0.148 e. The average molecular weight is 295 g/mol. The number of aliphatic hydroxyl groups excluding tert-OH is 1. The number of aliphatic hydroxyl groups is 1. The molecule has 0 aliphatic carbocycles. The molecule has 1 N–H and O–H groups in total. The summed E-state index contributed by atoms with van der Waals surface area (Å²) in [5.74, 6) is 0.0739. The molecule has 1 atom stereocenters. The molecule has 0 aromatic heterocycles. The van der Waals surface area contributed by atoms with E-state index >= 15 is 0 Å². The highest BCUT2D eigenvalue weighted by Crippen LogP contribution is 2.27.